The summed E-state index contributed by atoms with van der Waals surface area (Å²) in [6.45, 7) is 3.43. The SMILES string of the molecule is COC(=O)[C@@H]1C[C@@H]2OC(=O)C3=CCC[C@@H]([C@]1(C)C[C@H](O[C@@H]1O[C@H](CO)[C@@H](O)[C@H](O)[C@H]1O)c1ccoc1)[C@]32C. The monoisotopic (exact) mass is 536 g/mol. The van der Waals surface area contributed by atoms with Crippen molar-refractivity contribution in [3.05, 3.63) is 35.8 Å². The molecule has 38 heavy (non-hydrogen) atoms. The number of aliphatic hydroxyl groups is 4. The van der Waals surface area contributed by atoms with E-state index in [1.54, 1.807) is 6.07 Å². The highest BCUT2D eigenvalue weighted by molar-refractivity contribution is 5.93. The molecule has 0 aromatic carbocycles. The summed E-state index contributed by atoms with van der Waals surface area (Å²) >= 11 is 0. The second-order valence-corrected chi connectivity index (χ2v) is 11.3. The molecule has 11 nitrogen and oxygen atoms in total. The lowest BCUT2D eigenvalue weighted by Gasteiger charge is -2.57. The van der Waals surface area contributed by atoms with Gasteiger partial charge in [0.2, 0.25) is 0 Å². The quantitative estimate of drug-likeness (QED) is 0.367. The van der Waals surface area contributed by atoms with Crippen molar-refractivity contribution in [3.63, 3.8) is 0 Å². The highest BCUT2D eigenvalue weighted by Crippen LogP contribution is 2.66. The Morgan fingerprint density at radius 1 is 1.21 bits per heavy atom. The number of aliphatic hydroxyl groups excluding tert-OH is 4. The standard InChI is InChI=1S/C27H36O11/c1-26(15(23(32)34-3)9-19-27(2)14(24(33)38-19)5-4-6-18(26)27)10-16(13-7-8-35-12-13)36-25-22(31)21(30)20(29)17(11-28)37-25/h5,7-8,12,15-22,25,28-31H,4,6,9-11H2,1-3H3/t15-,16-,17+,18-,19-,20+,21-,22+,25+,26+,27-/m0/s1. The fourth-order valence-electron chi connectivity index (χ4n) is 7.39. The third-order valence-corrected chi connectivity index (χ3v) is 9.46. The number of carbonyl (C=O) groups is 2. The molecule has 4 N–H and O–H groups in total. The van der Waals surface area contributed by atoms with Crippen LogP contribution in [-0.4, -0.2) is 82.9 Å². The maximum Gasteiger partial charge on any atom is 0.334 e. The zero-order valence-electron chi connectivity index (χ0n) is 21.7. The van der Waals surface area contributed by atoms with Crippen molar-refractivity contribution < 1.29 is 53.4 Å². The highest BCUT2D eigenvalue weighted by Gasteiger charge is 2.67. The zero-order valence-corrected chi connectivity index (χ0v) is 21.7. The smallest absolute Gasteiger partial charge is 0.334 e. The second kappa shape index (κ2) is 10.0. The van der Waals surface area contributed by atoms with E-state index >= 15 is 0 Å². The molecule has 4 aliphatic rings. The fraction of sp³-hybridized carbons (Fsp3) is 0.704. The maximum atomic E-state index is 13.2. The molecule has 11 heteroatoms. The Labute approximate surface area is 220 Å². The number of furan rings is 1. The van der Waals surface area contributed by atoms with Gasteiger partial charge in [-0.05, 0) is 43.1 Å². The molecule has 1 saturated carbocycles. The molecule has 0 bridgehead atoms. The van der Waals surface area contributed by atoms with Gasteiger partial charge in [-0.2, -0.15) is 0 Å². The van der Waals surface area contributed by atoms with Crippen molar-refractivity contribution in [2.45, 2.75) is 82.4 Å². The first-order chi connectivity index (χ1) is 18.1. The lowest BCUT2D eigenvalue weighted by molar-refractivity contribution is -0.315. The first kappa shape index (κ1) is 27.3. The van der Waals surface area contributed by atoms with Crippen LogP contribution in [0.2, 0.25) is 0 Å². The first-order valence-electron chi connectivity index (χ1n) is 13.0. The van der Waals surface area contributed by atoms with E-state index in [4.69, 9.17) is 23.4 Å². The number of hydrogen-bond acceptors (Lipinski definition) is 11. The van der Waals surface area contributed by atoms with Crippen molar-refractivity contribution in [1.82, 2.24) is 0 Å². The highest BCUT2D eigenvalue weighted by atomic mass is 16.7. The Hall–Kier alpha value is -2.28. The Bertz CT molecular complexity index is 1070. The summed E-state index contributed by atoms with van der Waals surface area (Å²) in [4.78, 5) is 26.0. The van der Waals surface area contributed by atoms with Gasteiger partial charge < -0.3 is 43.8 Å². The number of ether oxygens (including phenoxy) is 4. The van der Waals surface area contributed by atoms with Gasteiger partial charge in [0.15, 0.2) is 6.29 Å². The maximum absolute atomic E-state index is 13.2. The lowest BCUT2D eigenvalue weighted by atomic mass is 9.46. The Morgan fingerprint density at radius 2 is 1.97 bits per heavy atom. The summed E-state index contributed by atoms with van der Waals surface area (Å²) in [5.74, 6) is -1.52. The van der Waals surface area contributed by atoms with Gasteiger partial charge in [0.1, 0.15) is 30.5 Å². The van der Waals surface area contributed by atoms with Crippen molar-refractivity contribution in [2.24, 2.45) is 22.7 Å². The molecule has 0 unspecified atom stereocenters. The summed E-state index contributed by atoms with van der Waals surface area (Å²) < 4.78 is 28.2. The number of rotatable bonds is 7. The summed E-state index contributed by atoms with van der Waals surface area (Å²) in [7, 11) is 1.33. The molecule has 2 aliphatic heterocycles. The van der Waals surface area contributed by atoms with Crippen molar-refractivity contribution in [1.29, 1.82) is 0 Å². The fourth-order valence-corrected chi connectivity index (χ4v) is 7.39. The third-order valence-electron chi connectivity index (χ3n) is 9.46. The van der Waals surface area contributed by atoms with Crippen LogP contribution < -0.4 is 0 Å². The van der Waals surface area contributed by atoms with E-state index in [1.807, 2.05) is 19.9 Å². The molecule has 3 heterocycles. The molecular formula is C27H36O11. The van der Waals surface area contributed by atoms with Gasteiger partial charge in [-0.15, -0.1) is 0 Å². The number of carbonyl (C=O) groups excluding carboxylic acids is 2. The number of hydrogen-bond donors (Lipinski definition) is 4. The van der Waals surface area contributed by atoms with Gasteiger partial charge in [-0.25, -0.2) is 4.79 Å². The normalized spacial score (nSPS) is 43.1. The molecule has 3 fully saturated rings. The number of allylic oxidation sites excluding steroid dienone is 1. The average Bonchev–Trinajstić information content (AvgIpc) is 3.52. The molecule has 5 rings (SSSR count). The first-order valence-corrected chi connectivity index (χ1v) is 13.0. The van der Waals surface area contributed by atoms with Crippen LogP contribution in [0.3, 0.4) is 0 Å². The zero-order chi connectivity index (χ0) is 27.4. The summed E-state index contributed by atoms with van der Waals surface area (Å²) in [5.41, 5.74) is -0.0898. The molecule has 0 radical (unpaired) electrons. The van der Waals surface area contributed by atoms with Gasteiger partial charge in [0.05, 0.1) is 38.3 Å². The Morgan fingerprint density at radius 3 is 2.63 bits per heavy atom. The molecular weight excluding hydrogens is 500 g/mol. The van der Waals surface area contributed by atoms with E-state index in [9.17, 15) is 30.0 Å². The van der Waals surface area contributed by atoms with E-state index in [0.717, 1.165) is 6.42 Å². The molecule has 11 atom stereocenters. The van der Waals surface area contributed by atoms with Crippen molar-refractivity contribution in [2.75, 3.05) is 13.7 Å². The summed E-state index contributed by atoms with van der Waals surface area (Å²) in [6, 6.07) is 1.70. The van der Waals surface area contributed by atoms with Gasteiger partial charge >= 0.3 is 11.9 Å². The van der Waals surface area contributed by atoms with Gasteiger partial charge in [0, 0.05) is 16.6 Å². The predicted octanol–water partition coefficient (Wildman–Crippen LogP) is 0.995. The molecule has 2 saturated heterocycles. The number of methoxy groups -OCH3 is 1. The van der Waals surface area contributed by atoms with Crippen LogP contribution >= 0.6 is 0 Å². The van der Waals surface area contributed by atoms with Crippen LogP contribution in [0.25, 0.3) is 0 Å². The van der Waals surface area contributed by atoms with E-state index in [0.29, 0.717) is 17.6 Å². The van der Waals surface area contributed by atoms with Crippen LogP contribution in [-0.2, 0) is 28.5 Å². The molecule has 1 aromatic heterocycles. The summed E-state index contributed by atoms with van der Waals surface area (Å²) in [6.07, 6.45) is -1.63. The molecule has 210 valence electrons. The molecule has 1 aromatic rings. The Kier molecular flexibility index (Phi) is 7.21. The van der Waals surface area contributed by atoms with E-state index < -0.39 is 72.2 Å². The van der Waals surface area contributed by atoms with Crippen molar-refractivity contribution >= 4 is 11.9 Å². The summed E-state index contributed by atoms with van der Waals surface area (Å²) in [5, 5.41) is 40.8. The molecule has 0 spiro atoms. The van der Waals surface area contributed by atoms with Crippen LogP contribution in [0, 0.1) is 22.7 Å². The second-order valence-electron chi connectivity index (χ2n) is 11.3. The number of esters is 2. The minimum absolute atomic E-state index is 0.142. The molecule has 0 amide bonds. The lowest BCUT2D eigenvalue weighted by Crippen LogP contribution is -2.60. The third kappa shape index (κ3) is 4.11. The predicted molar refractivity (Wildman–Crippen MR) is 128 cm³/mol. The average molecular weight is 537 g/mol. The van der Waals surface area contributed by atoms with E-state index in [1.165, 1.54) is 19.6 Å². The van der Waals surface area contributed by atoms with Crippen molar-refractivity contribution in [3.8, 4) is 0 Å². The minimum Gasteiger partial charge on any atom is -0.472 e. The Balaban J connectivity index is 1.52. The van der Waals surface area contributed by atoms with Gasteiger partial charge in [0.25, 0.3) is 0 Å². The largest absolute Gasteiger partial charge is 0.472 e. The van der Waals surface area contributed by atoms with Crippen LogP contribution in [0.4, 0.5) is 0 Å². The minimum atomic E-state index is -1.60. The van der Waals surface area contributed by atoms with E-state index in [-0.39, 0.29) is 24.7 Å². The van der Waals surface area contributed by atoms with Gasteiger partial charge in [-0.1, -0.05) is 19.9 Å². The van der Waals surface area contributed by atoms with Crippen LogP contribution in [0.5, 0.6) is 0 Å². The molecule has 2 aliphatic carbocycles. The van der Waals surface area contributed by atoms with E-state index in [2.05, 4.69) is 0 Å². The topological polar surface area (TPSA) is 165 Å². The van der Waals surface area contributed by atoms with Gasteiger partial charge in [-0.3, -0.25) is 4.79 Å². The van der Waals surface area contributed by atoms with Crippen LogP contribution in [0.15, 0.2) is 34.7 Å². The van der Waals surface area contributed by atoms with Crippen LogP contribution in [0.1, 0.15) is 51.2 Å².